The SMILES string of the molecule is COc1ccc(OC)c(C(=O)[C@@H]2[C@@H](C(=O)c3ccccn3)N3C=Cc4ccccc4[C@@H]3[C@]23C(=O)Nc2ccccc23)c1. The highest BCUT2D eigenvalue weighted by Gasteiger charge is 2.71. The van der Waals surface area contributed by atoms with Gasteiger partial charge in [0.15, 0.2) is 5.78 Å². The topological polar surface area (TPSA) is 97.8 Å². The molecule has 0 aliphatic carbocycles. The van der Waals surface area contributed by atoms with E-state index in [1.54, 1.807) is 42.6 Å². The highest BCUT2D eigenvalue weighted by Crippen LogP contribution is 2.62. The third kappa shape index (κ3) is 3.48. The van der Waals surface area contributed by atoms with Crippen LogP contribution in [-0.4, -0.2) is 47.6 Å². The molecular weight excluding hydrogens is 530 g/mol. The molecule has 4 aromatic rings. The molecule has 3 aliphatic heterocycles. The highest BCUT2D eigenvalue weighted by molar-refractivity contribution is 6.17. The normalized spacial score (nSPS) is 23.1. The van der Waals surface area contributed by atoms with Crippen LogP contribution in [0.1, 0.15) is 43.6 Å². The number of anilines is 1. The third-order valence-corrected chi connectivity index (χ3v) is 8.71. The van der Waals surface area contributed by atoms with Gasteiger partial charge in [-0.3, -0.25) is 19.4 Å². The summed E-state index contributed by atoms with van der Waals surface area (Å²) in [6, 6.07) is 23.6. The minimum absolute atomic E-state index is 0.215. The van der Waals surface area contributed by atoms with Crippen molar-refractivity contribution in [1.82, 2.24) is 9.88 Å². The number of aromatic nitrogens is 1. The summed E-state index contributed by atoms with van der Waals surface area (Å²) in [7, 11) is 3.00. The first kappa shape index (κ1) is 25.7. The number of hydrogen-bond donors (Lipinski definition) is 1. The Morgan fingerprint density at radius 3 is 2.48 bits per heavy atom. The van der Waals surface area contributed by atoms with Gasteiger partial charge in [-0.1, -0.05) is 48.5 Å². The van der Waals surface area contributed by atoms with Gasteiger partial charge in [-0.05, 0) is 59.2 Å². The molecule has 0 radical (unpaired) electrons. The van der Waals surface area contributed by atoms with Gasteiger partial charge in [0.05, 0.1) is 31.7 Å². The Morgan fingerprint density at radius 1 is 0.905 bits per heavy atom. The zero-order valence-electron chi connectivity index (χ0n) is 23.0. The predicted octanol–water partition coefficient (Wildman–Crippen LogP) is 5.08. The van der Waals surface area contributed by atoms with E-state index in [1.165, 1.54) is 14.2 Å². The molecule has 1 fully saturated rings. The Bertz CT molecular complexity index is 1790. The fourth-order valence-corrected chi connectivity index (χ4v) is 7.00. The van der Waals surface area contributed by atoms with Crippen molar-refractivity contribution in [1.29, 1.82) is 0 Å². The standard InChI is InChI=1S/C34H27N3O5/c1-41-21-14-15-27(42-2)23(19-21)30(38)28-29(31(39)26-13-7-8-17-35-26)37-18-16-20-9-3-4-10-22(20)32(37)34(28)24-11-5-6-12-25(24)36-33(34)40/h3-19,28-29,32H,1-2H3,(H,36,40)/t28-,29-,32+,34+/m0/s1. The van der Waals surface area contributed by atoms with Crippen LogP contribution in [0.2, 0.25) is 0 Å². The monoisotopic (exact) mass is 557 g/mol. The van der Waals surface area contributed by atoms with Gasteiger partial charge in [-0.25, -0.2) is 0 Å². The number of fused-ring (bicyclic) bond motifs is 6. The van der Waals surface area contributed by atoms with Crippen LogP contribution < -0.4 is 14.8 Å². The number of carbonyl (C=O) groups excluding carboxylic acids is 3. The average Bonchev–Trinajstić information content (AvgIpc) is 3.52. The second kappa shape index (κ2) is 9.69. The van der Waals surface area contributed by atoms with E-state index in [1.807, 2.05) is 65.7 Å². The Labute approximate surface area is 242 Å². The van der Waals surface area contributed by atoms with Crippen LogP contribution in [0.3, 0.4) is 0 Å². The van der Waals surface area contributed by atoms with Gasteiger partial charge in [0, 0.05) is 18.1 Å². The van der Waals surface area contributed by atoms with E-state index >= 15 is 4.79 Å². The van der Waals surface area contributed by atoms with Gasteiger partial charge in [0.2, 0.25) is 11.7 Å². The zero-order chi connectivity index (χ0) is 29.0. The van der Waals surface area contributed by atoms with E-state index in [2.05, 4.69) is 10.3 Å². The van der Waals surface area contributed by atoms with Crippen molar-refractivity contribution in [2.45, 2.75) is 17.5 Å². The number of amides is 1. The average molecular weight is 558 g/mol. The molecule has 1 spiro atoms. The largest absolute Gasteiger partial charge is 0.497 e. The highest BCUT2D eigenvalue weighted by atomic mass is 16.5. The summed E-state index contributed by atoms with van der Waals surface area (Å²) in [6.45, 7) is 0. The summed E-state index contributed by atoms with van der Waals surface area (Å²) in [5.41, 5.74) is 2.08. The number of benzene rings is 3. The molecule has 1 saturated heterocycles. The molecule has 7 rings (SSSR count). The summed E-state index contributed by atoms with van der Waals surface area (Å²) in [5, 5.41) is 3.06. The van der Waals surface area contributed by atoms with Gasteiger partial charge in [-0.15, -0.1) is 0 Å². The summed E-state index contributed by atoms with van der Waals surface area (Å²) >= 11 is 0. The van der Waals surface area contributed by atoms with Crippen LogP contribution in [0.15, 0.2) is 97.3 Å². The number of nitrogens with zero attached hydrogens (tertiary/aromatic N) is 2. The molecule has 8 heteroatoms. The van der Waals surface area contributed by atoms with E-state index in [9.17, 15) is 9.59 Å². The smallest absolute Gasteiger partial charge is 0.238 e. The molecule has 0 saturated carbocycles. The fraction of sp³-hybridized carbons (Fsp3) is 0.176. The third-order valence-electron chi connectivity index (χ3n) is 8.71. The number of carbonyl (C=O) groups is 3. The van der Waals surface area contributed by atoms with E-state index in [4.69, 9.17) is 9.47 Å². The molecule has 0 unspecified atom stereocenters. The van der Waals surface area contributed by atoms with E-state index in [0.29, 0.717) is 22.7 Å². The van der Waals surface area contributed by atoms with Gasteiger partial charge >= 0.3 is 0 Å². The number of ketones is 2. The first-order valence-corrected chi connectivity index (χ1v) is 13.7. The lowest BCUT2D eigenvalue weighted by Gasteiger charge is -2.38. The van der Waals surface area contributed by atoms with Crippen molar-refractivity contribution >= 4 is 29.2 Å². The second-order valence-corrected chi connectivity index (χ2v) is 10.6. The van der Waals surface area contributed by atoms with Gasteiger partial charge in [-0.2, -0.15) is 0 Å². The molecule has 1 amide bonds. The minimum atomic E-state index is -1.45. The number of para-hydroxylation sites is 1. The fourth-order valence-electron chi connectivity index (χ4n) is 7.00. The number of nitrogens with one attached hydrogen (secondary N) is 1. The molecule has 4 atom stereocenters. The van der Waals surface area contributed by atoms with Gasteiger partial charge in [0.25, 0.3) is 0 Å². The second-order valence-electron chi connectivity index (χ2n) is 10.6. The summed E-state index contributed by atoms with van der Waals surface area (Å²) in [5.74, 6) is -1.44. The van der Waals surface area contributed by atoms with Crippen molar-refractivity contribution in [2.24, 2.45) is 5.92 Å². The van der Waals surface area contributed by atoms with Crippen LogP contribution in [-0.2, 0) is 10.2 Å². The van der Waals surface area contributed by atoms with Crippen molar-refractivity contribution in [3.63, 3.8) is 0 Å². The number of methoxy groups -OCH3 is 2. The molecule has 0 bridgehead atoms. The molecule has 8 nitrogen and oxygen atoms in total. The predicted molar refractivity (Wildman–Crippen MR) is 157 cm³/mol. The Hall–Kier alpha value is -5.24. The molecule has 4 heterocycles. The number of Topliss-reactive ketones (excluding diaryl/α,β-unsaturated/α-hetero) is 2. The molecular formula is C34H27N3O5. The molecule has 3 aromatic carbocycles. The van der Waals surface area contributed by atoms with Crippen LogP contribution in [0.4, 0.5) is 5.69 Å². The Balaban J connectivity index is 1.55. The minimum Gasteiger partial charge on any atom is -0.497 e. The zero-order valence-corrected chi connectivity index (χ0v) is 23.0. The maximum Gasteiger partial charge on any atom is 0.238 e. The summed E-state index contributed by atoms with van der Waals surface area (Å²) in [6.07, 6.45) is 5.32. The Morgan fingerprint density at radius 2 is 1.69 bits per heavy atom. The summed E-state index contributed by atoms with van der Waals surface area (Å²) in [4.78, 5) is 50.4. The van der Waals surface area contributed by atoms with E-state index in [-0.39, 0.29) is 22.9 Å². The van der Waals surface area contributed by atoms with E-state index < -0.39 is 29.2 Å². The molecule has 42 heavy (non-hydrogen) atoms. The number of hydrogen-bond acceptors (Lipinski definition) is 7. The van der Waals surface area contributed by atoms with Crippen LogP contribution in [0, 0.1) is 5.92 Å². The van der Waals surface area contributed by atoms with Crippen LogP contribution >= 0.6 is 0 Å². The van der Waals surface area contributed by atoms with Crippen molar-refractivity contribution in [3.05, 3.63) is 125 Å². The van der Waals surface area contributed by atoms with Crippen LogP contribution in [0.5, 0.6) is 11.5 Å². The van der Waals surface area contributed by atoms with E-state index in [0.717, 1.165) is 11.1 Å². The maximum absolute atomic E-state index is 15.1. The van der Waals surface area contributed by atoms with Crippen molar-refractivity contribution in [3.8, 4) is 11.5 Å². The van der Waals surface area contributed by atoms with Crippen LogP contribution in [0.25, 0.3) is 6.08 Å². The molecule has 1 N–H and O–H groups in total. The first-order valence-electron chi connectivity index (χ1n) is 13.7. The summed E-state index contributed by atoms with van der Waals surface area (Å²) < 4.78 is 11.1. The van der Waals surface area contributed by atoms with Gasteiger partial charge in [0.1, 0.15) is 28.6 Å². The quantitative estimate of drug-likeness (QED) is 0.330. The van der Waals surface area contributed by atoms with Crippen molar-refractivity contribution < 1.29 is 23.9 Å². The Kier molecular flexibility index (Phi) is 5.93. The molecule has 1 aromatic heterocycles. The lowest BCUT2D eigenvalue weighted by molar-refractivity contribution is -0.122. The van der Waals surface area contributed by atoms with Gasteiger partial charge < -0.3 is 19.7 Å². The van der Waals surface area contributed by atoms with Crippen molar-refractivity contribution in [2.75, 3.05) is 19.5 Å². The maximum atomic E-state index is 15.1. The first-order chi connectivity index (χ1) is 20.5. The lowest BCUT2D eigenvalue weighted by Crippen LogP contribution is -2.49. The molecule has 3 aliphatic rings. The molecule has 208 valence electrons. The number of ether oxygens (including phenoxy) is 2. The number of pyridine rings is 1. The number of rotatable bonds is 6. The lowest BCUT2D eigenvalue weighted by atomic mass is 9.62.